The number of carbonyl (C=O) groups is 2. The van der Waals surface area contributed by atoms with E-state index in [1.165, 1.54) is 4.90 Å². The molecular weight excluding hydrogens is 236 g/mol. The lowest BCUT2D eigenvalue weighted by molar-refractivity contribution is -0.127. The van der Waals surface area contributed by atoms with Crippen LogP contribution >= 0.6 is 0 Å². The average molecular weight is 248 g/mol. The van der Waals surface area contributed by atoms with Gasteiger partial charge in [-0.05, 0) is 12.1 Å². The number of imide groups is 1. The summed E-state index contributed by atoms with van der Waals surface area (Å²) in [6, 6.07) is 5.07. The lowest BCUT2D eigenvalue weighted by Gasteiger charge is -2.27. The maximum absolute atomic E-state index is 11.7. The molecule has 0 saturated carbocycles. The lowest BCUT2D eigenvalue weighted by atomic mass is 10.2. The minimum absolute atomic E-state index is 0.167. The molecule has 1 aromatic rings. The highest BCUT2D eigenvalue weighted by atomic mass is 16.6. The van der Waals surface area contributed by atoms with Crippen LogP contribution < -0.4 is 19.7 Å². The Morgan fingerprint density at radius 2 is 1.67 bits per heavy atom. The number of benzene rings is 1. The molecule has 94 valence electrons. The second kappa shape index (κ2) is 4.30. The Kier molecular flexibility index (Phi) is 2.64. The first kappa shape index (κ1) is 11.0. The van der Waals surface area contributed by atoms with Gasteiger partial charge < -0.3 is 9.47 Å². The van der Waals surface area contributed by atoms with Crippen LogP contribution in [0.25, 0.3) is 0 Å². The number of anilines is 1. The Hall–Kier alpha value is -2.08. The van der Waals surface area contributed by atoms with Gasteiger partial charge in [-0.1, -0.05) is 0 Å². The number of piperazine rings is 1. The van der Waals surface area contributed by atoms with Crippen LogP contribution in [-0.4, -0.2) is 38.1 Å². The van der Waals surface area contributed by atoms with Crippen molar-refractivity contribution in [2.45, 2.75) is 0 Å². The van der Waals surface area contributed by atoms with E-state index in [0.717, 1.165) is 0 Å². The number of amides is 2. The zero-order chi connectivity index (χ0) is 12.5. The van der Waals surface area contributed by atoms with E-state index in [4.69, 9.17) is 9.47 Å². The number of carbonyl (C=O) groups excluding carboxylic acids is 2. The topological polar surface area (TPSA) is 67.9 Å². The largest absolute Gasteiger partial charge is 0.486 e. The summed E-state index contributed by atoms with van der Waals surface area (Å²) < 4.78 is 10.8. The maximum Gasteiger partial charge on any atom is 0.247 e. The molecule has 6 nitrogen and oxygen atoms in total. The highest BCUT2D eigenvalue weighted by Gasteiger charge is 2.28. The molecule has 2 aliphatic rings. The number of fused-ring (bicyclic) bond motifs is 1. The van der Waals surface area contributed by atoms with Crippen molar-refractivity contribution in [3.05, 3.63) is 18.2 Å². The van der Waals surface area contributed by atoms with Crippen LogP contribution in [0.1, 0.15) is 0 Å². The molecule has 2 aliphatic heterocycles. The summed E-state index contributed by atoms with van der Waals surface area (Å²) in [6.07, 6.45) is 0. The van der Waals surface area contributed by atoms with E-state index in [2.05, 4.69) is 5.32 Å². The van der Waals surface area contributed by atoms with Crippen LogP contribution in [0.2, 0.25) is 0 Å². The van der Waals surface area contributed by atoms with E-state index in [0.29, 0.717) is 30.4 Å². The standard InChI is InChI=1S/C12H12N2O4/c15-11-6-13-7-12(16)14(11)8-1-2-9-10(5-8)18-4-3-17-9/h1-2,5,13H,3-4,6-7H2. The average Bonchev–Trinajstić information content (AvgIpc) is 2.38. The molecule has 0 unspecified atom stereocenters. The predicted molar refractivity (Wildman–Crippen MR) is 62.8 cm³/mol. The summed E-state index contributed by atoms with van der Waals surface area (Å²) in [5, 5.41) is 2.75. The highest BCUT2D eigenvalue weighted by molar-refractivity contribution is 6.17. The van der Waals surface area contributed by atoms with Gasteiger partial charge in [-0.15, -0.1) is 0 Å². The predicted octanol–water partition coefficient (Wildman–Crippen LogP) is -0.0794. The number of nitrogens with one attached hydrogen (secondary N) is 1. The minimum atomic E-state index is -0.261. The van der Waals surface area contributed by atoms with Crippen molar-refractivity contribution in [3.8, 4) is 11.5 Å². The van der Waals surface area contributed by atoms with Gasteiger partial charge in [0.25, 0.3) is 0 Å². The van der Waals surface area contributed by atoms with Gasteiger partial charge >= 0.3 is 0 Å². The first-order valence-corrected chi connectivity index (χ1v) is 5.72. The molecule has 2 amide bonds. The molecule has 0 spiro atoms. The molecule has 2 heterocycles. The van der Waals surface area contributed by atoms with Crippen LogP contribution in [0.5, 0.6) is 11.5 Å². The summed E-state index contributed by atoms with van der Waals surface area (Å²) in [6.45, 7) is 1.32. The fraction of sp³-hybridized carbons (Fsp3) is 0.333. The smallest absolute Gasteiger partial charge is 0.247 e. The molecule has 6 heteroatoms. The fourth-order valence-corrected chi connectivity index (χ4v) is 2.03. The van der Waals surface area contributed by atoms with Gasteiger partial charge in [0, 0.05) is 6.07 Å². The zero-order valence-corrected chi connectivity index (χ0v) is 9.64. The Labute approximate surface area is 103 Å². The summed E-state index contributed by atoms with van der Waals surface area (Å²) >= 11 is 0. The zero-order valence-electron chi connectivity index (χ0n) is 9.64. The SMILES string of the molecule is O=C1CNCC(=O)N1c1ccc2c(c1)OCCO2. The second-order valence-electron chi connectivity index (χ2n) is 4.05. The van der Waals surface area contributed by atoms with Gasteiger partial charge in [-0.25, -0.2) is 4.90 Å². The Balaban J connectivity index is 1.96. The van der Waals surface area contributed by atoms with E-state index in [1.54, 1.807) is 18.2 Å². The molecule has 0 aliphatic carbocycles. The van der Waals surface area contributed by atoms with Crippen LogP contribution in [0.15, 0.2) is 18.2 Å². The van der Waals surface area contributed by atoms with E-state index in [1.807, 2.05) is 0 Å². The van der Waals surface area contributed by atoms with Crippen LogP contribution in [0.4, 0.5) is 5.69 Å². The molecule has 1 saturated heterocycles. The third-order valence-electron chi connectivity index (χ3n) is 2.84. The normalized spacial score (nSPS) is 19.0. The number of nitrogens with zero attached hydrogens (tertiary/aromatic N) is 1. The van der Waals surface area contributed by atoms with Gasteiger partial charge in [-0.3, -0.25) is 14.9 Å². The number of ether oxygens (including phenoxy) is 2. The molecule has 3 rings (SSSR count). The second-order valence-corrected chi connectivity index (χ2v) is 4.05. The highest BCUT2D eigenvalue weighted by Crippen LogP contribution is 2.34. The fourth-order valence-electron chi connectivity index (χ4n) is 2.03. The molecule has 1 fully saturated rings. The summed E-state index contributed by atoms with van der Waals surface area (Å²) in [5.74, 6) is 0.684. The van der Waals surface area contributed by atoms with Gasteiger partial charge in [-0.2, -0.15) is 0 Å². The Morgan fingerprint density at radius 1 is 1.00 bits per heavy atom. The summed E-state index contributed by atoms with van der Waals surface area (Å²) in [5.41, 5.74) is 0.524. The summed E-state index contributed by atoms with van der Waals surface area (Å²) in [7, 11) is 0. The molecule has 0 bridgehead atoms. The molecule has 1 aromatic carbocycles. The van der Waals surface area contributed by atoms with E-state index < -0.39 is 0 Å². The van der Waals surface area contributed by atoms with Crippen molar-refractivity contribution >= 4 is 17.5 Å². The van der Waals surface area contributed by atoms with Gasteiger partial charge in [0.05, 0.1) is 18.8 Å². The van der Waals surface area contributed by atoms with E-state index in [-0.39, 0.29) is 24.9 Å². The van der Waals surface area contributed by atoms with E-state index in [9.17, 15) is 9.59 Å². The molecule has 1 N–H and O–H groups in total. The van der Waals surface area contributed by atoms with Crippen molar-refractivity contribution in [2.24, 2.45) is 0 Å². The Bertz CT molecular complexity index is 499. The summed E-state index contributed by atoms with van der Waals surface area (Å²) in [4.78, 5) is 24.7. The first-order valence-electron chi connectivity index (χ1n) is 5.72. The molecule has 0 atom stereocenters. The van der Waals surface area contributed by atoms with Gasteiger partial charge in [0.1, 0.15) is 13.2 Å². The van der Waals surface area contributed by atoms with Gasteiger partial charge in [0.2, 0.25) is 11.8 Å². The van der Waals surface area contributed by atoms with Crippen LogP contribution in [-0.2, 0) is 9.59 Å². The minimum Gasteiger partial charge on any atom is -0.486 e. The monoisotopic (exact) mass is 248 g/mol. The van der Waals surface area contributed by atoms with E-state index >= 15 is 0 Å². The number of hydrogen-bond donors (Lipinski definition) is 1. The lowest BCUT2D eigenvalue weighted by Crippen LogP contribution is -2.52. The first-order chi connectivity index (χ1) is 8.75. The quantitative estimate of drug-likeness (QED) is 0.704. The number of rotatable bonds is 1. The van der Waals surface area contributed by atoms with Crippen molar-refractivity contribution in [1.29, 1.82) is 0 Å². The molecule has 18 heavy (non-hydrogen) atoms. The third kappa shape index (κ3) is 1.80. The van der Waals surface area contributed by atoms with Crippen molar-refractivity contribution in [2.75, 3.05) is 31.2 Å². The number of hydrogen-bond acceptors (Lipinski definition) is 5. The van der Waals surface area contributed by atoms with Crippen molar-refractivity contribution in [3.63, 3.8) is 0 Å². The Morgan fingerprint density at radius 3 is 2.39 bits per heavy atom. The third-order valence-corrected chi connectivity index (χ3v) is 2.84. The van der Waals surface area contributed by atoms with Crippen LogP contribution in [0, 0.1) is 0 Å². The van der Waals surface area contributed by atoms with Gasteiger partial charge in [0.15, 0.2) is 11.5 Å². The van der Waals surface area contributed by atoms with Crippen molar-refractivity contribution < 1.29 is 19.1 Å². The molecule has 0 aromatic heterocycles. The molecular formula is C12H12N2O4. The molecule has 0 radical (unpaired) electrons. The maximum atomic E-state index is 11.7. The van der Waals surface area contributed by atoms with Crippen LogP contribution in [0.3, 0.4) is 0 Å². The van der Waals surface area contributed by atoms with Crippen molar-refractivity contribution in [1.82, 2.24) is 5.32 Å².